The summed E-state index contributed by atoms with van der Waals surface area (Å²) in [6.45, 7) is 2.14. The lowest BCUT2D eigenvalue weighted by Gasteiger charge is -2.38. The van der Waals surface area contributed by atoms with Gasteiger partial charge < -0.3 is 15.8 Å². The molecule has 0 saturated heterocycles. The maximum absolute atomic E-state index is 15.0. The highest BCUT2D eigenvalue weighted by atomic mass is 19.1. The zero-order valence-electron chi connectivity index (χ0n) is 14.3. The zero-order valence-corrected chi connectivity index (χ0v) is 14.3. The Morgan fingerprint density at radius 2 is 2.12 bits per heavy atom. The topological polar surface area (TPSA) is 77.2 Å². The number of pyridine rings is 1. The summed E-state index contributed by atoms with van der Waals surface area (Å²) in [5.41, 5.74) is 7.73. The number of Topliss-reactive ketones (excluding diaryl/α,β-unsaturated/α-hetero) is 1. The van der Waals surface area contributed by atoms with Gasteiger partial charge in [0.05, 0.1) is 12.7 Å². The van der Waals surface area contributed by atoms with Gasteiger partial charge in [0.25, 0.3) is 0 Å². The molecule has 1 saturated carbocycles. The lowest BCUT2D eigenvalue weighted by Crippen LogP contribution is -2.36. The molecule has 1 spiro atoms. The molecule has 4 rings (SSSR count). The largest absolute Gasteiger partial charge is 0.496 e. The lowest BCUT2D eigenvalue weighted by atomic mass is 9.65. The first-order chi connectivity index (χ1) is 12.0. The van der Waals surface area contributed by atoms with Crippen molar-refractivity contribution in [2.75, 3.05) is 24.7 Å². The number of methoxy groups -OCH3 is 1. The summed E-state index contributed by atoms with van der Waals surface area (Å²) in [5, 5.41) is 3.34. The van der Waals surface area contributed by atoms with Gasteiger partial charge in [-0.15, -0.1) is 0 Å². The molecule has 1 aromatic carbocycles. The molecule has 1 aromatic heterocycles. The Hall–Kier alpha value is -2.63. The molecule has 5 nitrogen and oxygen atoms in total. The van der Waals surface area contributed by atoms with Crippen LogP contribution in [-0.2, 0) is 5.41 Å². The third-order valence-corrected chi connectivity index (χ3v) is 5.49. The summed E-state index contributed by atoms with van der Waals surface area (Å²) in [5.74, 6) is 0.416. The van der Waals surface area contributed by atoms with Crippen molar-refractivity contribution in [3.05, 3.63) is 35.3 Å². The molecule has 0 radical (unpaired) electrons. The minimum atomic E-state index is -0.624. The number of carbonyl (C=O) groups excluding carboxylic acids is 1. The van der Waals surface area contributed by atoms with Crippen molar-refractivity contribution in [3.63, 3.8) is 0 Å². The highest BCUT2D eigenvalue weighted by Crippen LogP contribution is 2.55. The van der Waals surface area contributed by atoms with E-state index in [0.29, 0.717) is 11.3 Å². The SMILES string of the molecule is COc1c(-c2ccc(N)c(C(C)=O)c2F)cnc2c1C1(CCC1)CN2. The van der Waals surface area contributed by atoms with E-state index in [4.69, 9.17) is 10.5 Å². The molecular formula is C19H20FN3O2. The fourth-order valence-corrected chi connectivity index (χ4v) is 4.05. The number of hydrogen-bond acceptors (Lipinski definition) is 5. The van der Waals surface area contributed by atoms with E-state index in [1.54, 1.807) is 25.4 Å². The number of nitrogen functional groups attached to an aromatic ring is 1. The summed E-state index contributed by atoms with van der Waals surface area (Å²) in [7, 11) is 1.59. The fourth-order valence-electron chi connectivity index (χ4n) is 4.05. The molecule has 2 aromatic rings. The van der Waals surface area contributed by atoms with E-state index in [1.165, 1.54) is 13.3 Å². The second-order valence-electron chi connectivity index (χ2n) is 6.86. The monoisotopic (exact) mass is 341 g/mol. The maximum atomic E-state index is 15.0. The highest BCUT2D eigenvalue weighted by molar-refractivity contribution is 6.01. The summed E-state index contributed by atoms with van der Waals surface area (Å²) in [6.07, 6.45) is 4.90. The Labute approximate surface area is 145 Å². The van der Waals surface area contributed by atoms with Crippen LogP contribution in [0.1, 0.15) is 42.1 Å². The number of aromatic nitrogens is 1. The van der Waals surface area contributed by atoms with Gasteiger partial charge in [-0.3, -0.25) is 4.79 Å². The van der Waals surface area contributed by atoms with Crippen LogP contribution in [0.15, 0.2) is 18.3 Å². The molecule has 6 heteroatoms. The van der Waals surface area contributed by atoms with Gasteiger partial charge in [0, 0.05) is 40.5 Å². The van der Waals surface area contributed by atoms with Crippen molar-refractivity contribution in [2.45, 2.75) is 31.6 Å². The number of hydrogen-bond donors (Lipinski definition) is 2. The van der Waals surface area contributed by atoms with Gasteiger partial charge in [0.1, 0.15) is 17.4 Å². The smallest absolute Gasteiger partial charge is 0.164 e. The first-order valence-corrected chi connectivity index (χ1v) is 8.39. The number of nitrogens with one attached hydrogen (secondary N) is 1. The molecule has 2 aliphatic rings. The van der Waals surface area contributed by atoms with Gasteiger partial charge in [-0.2, -0.15) is 0 Å². The molecule has 1 aliphatic heterocycles. The van der Waals surface area contributed by atoms with Gasteiger partial charge in [-0.25, -0.2) is 9.37 Å². The van der Waals surface area contributed by atoms with E-state index in [-0.39, 0.29) is 22.2 Å². The van der Waals surface area contributed by atoms with E-state index in [9.17, 15) is 4.79 Å². The van der Waals surface area contributed by atoms with E-state index < -0.39 is 11.6 Å². The number of carbonyl (C=O) groups is 1. The number of nitrogens with two attached hydrogens (primary N) is 1. The average Bonchev–Trinajstić information content (AvgIpc) is 2.94. The Morgan fingerprint density at radius 3 is 2.72 bits per heavy atom. The predicted octanol–water partition coefficient (Wildman–Crippen LogP) is 3.53. The normalized spacial score (nSPS) is 16.9. The van der Waals surface area contributed by atoms with Crippen LogP contribution in [0.25, 0.3) is 11.1 Å². The molecule has 0 bridgehead atoms. The molecule has 0 atom stereocenters. The number of ether oxygens (including phenoxy) is 1. The fraction of sp³-hybridized carbons (Fsp3) is 0.368. The zero-order chi connectivity index (χ0) is 17.8. The summed E-state index contributed by atoms with van der Waals surface area (Å²) < 4.78 is 20.7. The van der Waals surface area contributed by atoms with Gasteiger partial charge in [-0.05, 0) is 31.9 Å². The quantitative estimate of drug-likeness (QED) is 0.660. The van der Waals surface area contributed by atoms with Crippen molar-refractivity contribution < 1.29 is 13.9 Å². The van der Waals surface area contributed by atoms with Crippen LogP contribution >= 0.6 is 0 Å². The lowest BCUT2D eigenvalue weighted by molar-refractivity contribution is 0.101. The van der Waals surface area contributed by atoms with E-state index in [2.05, 4.69) is 10.3 Å². The van der Waals surface area contributed by atoms with Crippen LogP contribution in [0.3, 0.4) is 0 Å². The molecular weight excluding hydrogens is 321 g/mol. The summed E-state index contributed by atoms with van der Waals surface area (Å²) in [4.78, 5) is 16.3. The number of nitrogens with zero attached hydrogens (tertiary/aromatic N) is 1. The van der Waals surface area contributed by atoms with Gasteiger partial charge in [-0.1, -0.05) is 6.42 Å². The molecule has 3 N–H and O–H groups in total. The van der Waals surface area contributed by atoms with Crippen LogP contribution in [0.2, 0.25) is 0 Å². The third-order valence-electron chi connectivity index (χ3n) is 5.49. The van der Waals surface area contributed by atoms with E-state index in [1.807, 2.05) is 0 Å². The average molecular weight is 341 g/mol. The summed E-state index contributed by atoms with van der Waals surface area (Å²) in [6, 6.07) is 3.14. The minimum absolute atomic E-state index is 0.0252. The Morgan fingerprint density at radius 1 is 1.36 bits per heavy atom. The minimum Gasteiger partial charge on any atom is -0.496 e. The van der Waals surface area contributed by atoms with Crippen molar-refractivity contribution in [2.24, 2.45) is 0 Å². The second kappa shape index (κ2) is 5.44. The number of ketones is 1. The Balaban J connectivity index is 1.95. The second-order valence-corrected chi connectivity index (χ2v) is 6.86. The molecule has 0 unspecified atom stereocenters. The highest BCUT2D eigenvalue weighted by Gasteiger charge is 2.47. The molecule has 0 amide bonds. The summed E-state index contributed by atoms with van der Waals surface area (Å²) >= 11 is 0. The molecule has 25 heavy (non-hydrogen) atoms. The number of halogens is 1. The maximum Gasteiger partial charge on any atom is 0.164 e. The van der Waals surface area contributed by atoms with Crippen LogP contribution in [0.5, 0.6) is 5.75 Å². The van der Waals surface area contributed by atoms with Gasteiger partial charge >= 0.3 is 0 Å². The first kappa shape index (κ1) is 15.9. The van der Waals surface area contributed by atoms with Crippen molar-refractivity contribution in [3.8, 4) is 16.9 Å². The third kappa shape index (κ3) is 2.13. The standard InChI is InChI=1S/C19H20FN3O2/c1-10(24)14-13(21)5-4-11(16(14)20)12-8-22-18-15(17(12)25-2)19(9-23-18)6-3-7-19/h4-5,8H,3,6-7,9,21H2,1-2H3,(H,22,23). The van der Waals surface area contributed by atoms with Gasteiger partial charge in [0.15, 0.2) is 5.78 Å². The number of anilines is 2. The molecule has 2 heterocycles. The van der Waals surface area contributed by atoms with Crippen molar-refractivity contribution in [1.29, 1.82) is 0 Å². The van der Waals surface area contributed by atoms with Gasteiger partial charge in [0.2, 0.25) is 0 Å². The van der Waals surface area contributed by atoms with Crippen LogP contribution in [0, 0.1) is 5.82 Å². The number of rotatable bonds is 3. The van der Waals surface area contributed by atoms with E-state index in [0.717, 1.165) is 30.8 Å². The van der Waals surface area contributed by atoms with Crippen LogP contribution < -0.4 is 15.8 Å². The van der Waals surface area contributed by atoms with Crippen LogP contribution in [0.4, 0.5) is 15.9 Å². The Kier molecular flexibility index (Phi) is 3.45. The molecule has 130 valence electrons. The Bertz CT molecular complexity index is 891. The van der Waals surface area contributed by atoms with Crippen LogP contribution in [-0.4, -0.2) is 24.4 Å². The first-order valence-electron chi connectivity index (χ1n) is 8.39. The van der Waals surface area contributed by atoms with Crippen molar-refractivity contribution in [1.82, 2.24) is 4.98 Å². The molecule has 1 fully saturated rings. The molecule has 1 aliphatic carbocycles. The van der Waals surface area contributed by atoms with E-state index >= 15 is 4.39 Å². The number of fused-ring (bicyclic) bond motifs is 2. The number of benzene rings is 1. The van der Waals surface area contributed by atoms with Crippen molar-refractivity contribution >= 4 is 17.3 Å². The predicted molar refractivity (Wildman–Crippen MR) is 94.6 cm³/mol.